The van der Waals surface area contributed by atoms with Crippen LogP contribution in [0, 0.1) is 6.92 Å². The third-order valence-electron chi connectivity index (χ3n) is 3.68. The van der Waals surface area contributed by atoms with Gasteiger partial charge in [-0.05, 0) is 31.2 Å². The van der Waals surface area contributed by atoms with Crippen molar-refractivity contribution in [2.45, 2.75) is 6.92 Å². The van der Waals surface area contributed by atoms with Gasteiger partial charge in [0.25, 0.3) is 0 Å². The van der Waals surface area contributed by atoms with E-state index in [1.54, 1.807) is 12.4 Å². The highest BCUT2D eigenvalue weighted by atomic mass is 15.2. The molecular formula is C19H16N6. The van der Waals surface area contributed by atoms with E-state index in [1.807, 2.05) is 61.5 Å². The summed E-state index contributed by atoms with van der Waals surface area (Å²) < 4.78 is 0. The van der Waals surface area contributed by atoms with Gasteiger partial charge >= 0.3 is 0 Å². The van der Waals surface area contributed by atoms with Crippen LogP contribution < -0.4 is 10.6 Å². The van der Waals surface area contributed by atoms with Gasteiger partial charge in [-0.1, -0.05) is 35.9 Å². The molecule has 2 aromatic carbocycles. The molecule has 2 aromatic heterocycles. The Morgan fingerprint density at radius 2 is 1.44 bits per heavy atom. The van der Waals surface area contributed by atoms with Crippen LogP contribution in [0.1, 0.15) is 5.56 Å². The number of aryl methyl sites for hydroxylation is 1. The Hall–Kier alpha value is -3.54. The minimum Gasteiger partial charge on any atom is -0.338 e. The number of nitrogens with one attached hydrogen (secondary N) is 2. The van der Waals surface area contributed by atoms with Crippen LogP contribution in [-0.2, 0) is 0 Å². The Morgan fingerprint density at radius 1 is 0.720 bits per heavy atom. The van der Waals surface area contributed by atoms with E-state index in [-0.39, 0.29) is 0 Å². The van der Waals surface area contributed by atoms with E-state index >= 15 is 0 Å². The summed E-state index contributed by atoms with van der Waals surface area (Å²) >= 11 is 0. The van der Waals surface area contributed by atoms with E-state index in [0.29, 0.717) is 22.9 Å². The molecule has 0 amide bonds. The van der Waals surface area contributed by atoms with Crippen molar-refractivity contribution in [2.75, 3.05) is 10.6 Å². The van der Waals surface area contributed by atoms with E-state index < -0.39 is 0 Å². The lowest BCUT2D eigenvalue weighted by atomic mass is 10.2. The maximum absolute atomic E-state index is 4.58. The van der Waals surface area contributed by atoms with Crippen molar-refractivity contribution < 1.29 is 0 Å². The fourth-order valence-corrected chi connectivity index (χ4v) is 2.43. The average Bonchev–Trinajstić information content (AvgIpc) is 2.65. The molecule has 2 heterocycles. The summed E-state index contributed by atoms with van der Waals surface area (Å²) in [5.41, 5.74) is 4.20. The van der Waals surface area contributed by atoms with Crippen molar-refractivity contribution in [3.05, 3.63) is 72.6 Å². The first-order valence-corrected chi connectivity index (χ1v) is 7.92. The average molecular weight is 328 g/mol. The number of rotatable bonds is 4. The second-order valence-corrected chi connectivity index (χ2v) is 5.61. The molecular weight excluding hydrogens is 312 g/mol. The van der Waals surface area contributed by atoms with Crippen LogP contribution in [-0.4, -0.2) is 19.9 Å². The van der Waals surface area contributed by atoms with Crippen molar-refractivity contribution in [1.82, 2.24) is 19.9 Å². The number of aromatic nitrogens is 4. The summed E-state index contributed by atoms with van der Waals surface area (Å²) in [6, 6.07) is 17.9. The first kappa shape index (κ1) is 15.0. The third-order valence-corrected chi connectivity index (χ3v) is 3.68. The normalized spacial score (nSPS) is 10.6. The standard InChI is InChI=1S/C19H16N6/c1-13-7-9-15(10-8-13)23-19-24-17-16(20-11-12-21-17)18(25-19)22-14-5-3-2-4-6-14/h2-12H,1H3,(H2,21,22,23,24,25). The number of anilines is 4. The Balaban J connectivity index is 1.74. The summed E-state index contributed by atoms with van der Waals surface area (Å²) in [5.74, 6) is 1.08. The molecule has 6 heteroatoms. The molecule has 4 rings (SSSR count). The Labute approximate surface area is 145 Å². The largest absolute Gasteiger partial charge is 0.338 e. The van der Waals surface area contributed by atoms with Gasteiger partial charge in [0.1, 0.15) is 0 Å². The highest BCUT2D eigenvalue weighted by molar-refractivity contribution is 5.85. The summed E-state index contributed by atoms with van der Waals surface area (Å²) in [6.07, 6.45) is 3.26. The first-order chi connectivity index (χ1) is 12.3. The molecule has 6 nitrogen and oxygen atoms in total. The van der Waals surface area contributed by atoms with Crippen molar-refractivity contribution in [1.29, 1.82) is 0 Å². The van der Waals surface area contributed by atoms with Gasteiger partial charge in [-0.15, -0.1) is 0 Å². The topological polar surface area (TPSA) is 75.6 Å². The quantitative estimate of drug-likeness (QED) is 0.584. The van der Waals surface area contributed by atoms with E-state index in [9.17, 15) is 0 Å². The molecule has 0 saturated carbocycles. The van der Waals surface area contributed by atoms with Gasteiger partial charge in [-0.3, -0.25) is 0 Å². The van der Waals surface area contributed by atoms with Crippen LogP contribution in [0.25, 0.3) is 11.2 Å². The molecule has 0 radical (unpaired) electrons. The first-order valence-electron chi connectivity index (χ1n) is 7.92. The third kappa shape index (κ3) is 3.37. The second kappa shape index (κ2) is 6.52. The molecule has 0 unspecified atom stereocenters. The predicted molar refractivity (Wildman–Crippen MR) is 99.3 cm³/mol. The number of fused-ring (bicyclic) bond motifs is 1. The lowest BCUT2D eigenvalue weighted by molar-refractivity contribution is 1.15. The SMILES string of the molecule is Cc1ccc(Nc2nc(Nc3ccccc3)c3nccnc3n2)cc1. The number of hydrogen-bond donors (Lipinski definition) is 2. The summed E-state index contributed by atoms with van der Waals surface area (Å²) in [4.78, 5) is 17.7. The highest BCUT2D eigenvalue weighted by Gasteiger charge is 2.10. The van der Waals surface area contributed by atoms with Gasteiger partial charge in [0.2, 0.25) is 5.95 Å². The van der Waals surface area contributed by atoms with E-state index in [1.165, 1.54) is 5.56 Å². The highest BCUT2D eigenvalue weighted by Crippen LogP contribution is 2.23. The molecule has 2 N–H and O–H groups in total. The minimum absolute atomic E-state index is 0.468. The molecule has 0 fully saturated rings. The second-order valence-electron chi connectivity index (χ2n) is 5.61. The van der Waals surface area contributed by atoms with Crippen molar-refractivity contribution >= 4 is 34.3 Å². The zero-order chi connectivity index (χ0) is 17.1. The lowest BCUT2D eigenvalue weighted by Gasteiger charge is -2.11. The van der Waals surface area contributed by atoms with Crippen LogP contribution in [0.4, 0.5) is 23.1 Å². The van der Waals surface area contributed by atoms with Crippen LogP contribution in [0.15, 0.2) is 67.0 Å². The lowest BCUT2D eigenvalue weighted by Crippen LogP contribution is -2.04. The molecule has 0 aliphatic heterocycles. The maximum Gasteiger partial charge on any atom is 0.231 e. The molecule has 4 aromatic rings. The van der Waals surface area contributed by atoms with Gasteiger partial charge in [0.15, 0.2) is 17.0 Å². The van der Waals surface area contributed by atoms with Crippen molar-refractivity contribution in [3.63, 3.8) is 0 Å². The molecule has 0 spiro atoms. The van der Waals surface area contributed by atoms with E-state index in [2.05, 4.69) is 30.6 Å². The predicted octanol–water partition coefficient (Wildman–Crippen LogP) is 4.22. The number of nitrogens with zero attached hydrogens (tertiary/aromatic N) is 4. The fraction of sp³-hybridized carbons (Fsp3) is 0.0526. The van der Waals surface area contributed by atoms with Crippen molar-refractivity contribution in [2.24, 2.45) is 0 Å². The minimum atomic E-state index is 0.468. The zero-order valence-corrected chi connectivity index (χ0v) is 13.6. The van der Waals surface area contributed by atoms with Crippen LogP contribution in [0.3, 0.4) is 0 Å². The fourth-order valence-electron chi connectivity index (χ4n) is 2.43. The Kier molecular flexibility index (Phi) is 3.92. The monoisotopic (exact) mass is 328 g/mol. The summed E-state index contributed by atoms with van der Waals surface area (Å²) in [7, 11) is 0. The number of para-hydroxylation sites is 1. The molecule has 0 aliphatic rings. The zero-order valence-electron chi connectivity index (χ0n) is 13.6. The Bertz CT molecular complexity index is 999. The van der Waals surface area contributed by atoms with Gasteiger partial charge in [0, 0.05) is 23.8 Å². The Morgan fingerprint density at radius 3 is 2.24 bits per heavy atom. The van der Waals surface area contributed by atoms with Gasteiger partial charge < -0.3 is 10.6 Å². The van der Waals surface area contributed by atoms with Gasteiger partial charge in [0.05, 0.1) is 0 Å². The van der Waals surface area contributed by atoms with E-state index in [4.69, 9.17) is 0 Å². The smallest absolute Gasteiger partial charge is 0.231 e. The summed E-state index contributed by atoms with van der Waals surface area (Å²) in [6.45, 7) is 2.05. The molecule has 0 aliphatic carbocycles. The van der Waals surface area contributed by atoms with Gasteiger partial charge in [-0.25, -0.2) is 9.97 Å². The van der Waals surface area contributed by atoms with E-state index in [0.717, 1.165) is 11.4 Å². The maximum atomic E-state index is 4.58. The van der Waals surface area contributed by atoms with Gasteiger partial charge in [-0.2, -0.15) is 9.97 Å². The van der Waals surface area contributed by atoms with Crippen LogP contribution >= 0.6 is 0 Å². The molecule has 0 bridgehead atoms. The number of benzene rings is 2. The van der Waals surface area contributed by atoms with Crippen molar-refractivity contribution in [3.8, 4) is 0 Å². The summed E-state index contributed by atoms with van der Waals surface area (Å²) in [5, 5.41) is 6.51. The molecule has 0 saturated heterocycles. The van der Waals surface area contributed by atoms with Crippen LogP contribution in [0.2, 0.25) is 0 Å². The molecule has 25 heavy (non-hydrogen) atoms. The molecule has 122 valence electrons. The molecule has 0 atom stereocenters. The van der Waals surface area contributed by atoms with Crippen LogP contribution in [0.5, 0.6) is 0 Å². The number of hydrogen-bond acceptors (Lipinski definition) is 6.